The van der Waals surface area contributed by atoms with E-state index in [1.165, 1.54) is 6.07 Å². The van der Waals surface area contributed by atoms with E-state index in [1.807, 2.05) is 53.3 Å². The maximum absolute atomic E-state index is 12.7. The molecular weight excluding hydrogens is 428 g/mol. The van der Waals surface area contributed by atoms with E-state index < -0.39 is 28.1 Å². The summed E-state index contributed by atoms with van der Waals surface area (Å²) in [4.78, 5) is 25.2. The molecule has 0 fully saturated rings. The van der Waals surface area contributed by atoms with Crippen LogP contribution < -0.4 is 10.0 Å². The summed E-state index contributed by atoms with van der Waals surface area (Å²) in [6.45, 7) is 1.67. The van der Waals surface area contributed by atoms with Crippen LogP contribution in [0.1, 0.15) is 16.7 Å². The monoisotopic (exact) mass is 452 g/mol. The molecule has 0 spiro atoms. The molecule has 3 rings (SSSR count). The van der Waals surface area contributed by atoms with Crippen LogP contribution in [0.2, 0.25) is 0 Å². The number of sulfonamides is 1. The summed E-state index contributed by atoms with van der Waals surface area (Å²) in [7, 11) is -4.10. The molecule has 166 valence electrons. The van der Waals surface area contributed by atoms with Crippen molar-refractivity contribution in [3.8, 4) is 0 Å². The molecule has 32 heavy (non-hydrogen) atoms. The Balaban J connectivity index is 1.71. The van der Waals surface area contributed by atoms with Crippen LogP contribution in [-0.2, 0) is 32.6 Å². The Hall–Kier alpha value is -3.65. The van der Waals surface area contributed by atoms with E-state index in [0.29, 0.717) is 5.56 Å². The molecule has 0 unspecified atom stereocenters. The number of ether oxygens (including phenoxy) is 1. The first kappa shape index (κ1) is 23.0. The molecule has 0 aliphatic heterocycles. The molecule has 2 N–H and O–H groups in total. The summed E-state index contributed by atoms with van der Waals surface area (Å²) in [6.07, 6.45) is 0.145. The Morgan fingerprint density at radius 3 is 2.03 bits per heavy atom. The third-order valence-electron chi connectivity index (χ3n) is 4.71. The molecule has 0 aliphatic carbocycles. The van der Waals surface area contributed by atoms with Gasteiger partial charge in [0.05, 0.1) is 4.90 Å². The number of rotatable bonds is 8. The topological polar surface area (TPSA) is 102 Å². The molecular formula is C24H24N2O5S. The van der Waals surface area contributed by atoms with E-state index in [-0.39, 0.29) is 17.9 Å². The Labute approximate surface area is 187 Å². The van der Waals surface area contributed by atoms with Gasteiger partial charge in [0.2, 0.25) is 0 Å². The van der Waals surface area contributed by atoms with E-state index in [4.69, 9.17) is 4.74 Å². The number of carbonyl (C=O) groups excluding carboxylic acids is 2. The largest absolute Gasteiger partial charge is 0.459 e. The number of nitrogens with one attached hydrogen (secondary N) is 2. The third-order valence-corrected chi connectivity index (χ3v) is 6.20. The number of urea groups is 1. The van der Waals surface area contributed by atoms with Crippen molar-refractivity contribution >= 4 is 22.0 Å². The van der Waals surface area contributed by atoms with Crippen LogP contribution in [0.25, 0.3) is 0 Å². The molecule has 0 bridgehead atoms. The lowest BCUT2D eigenvalue weighted by Crippen LogP contribution is -2.49. The summed E-state index contributed by atoms with van der Waals surface area (Å²) < 4.78 is 32.5. The minimum absolute atomic E-state index is 0.0126. The lowest BCUT2D eigenvalue weighted by molar-refractivity contribution is -0.147. The molecule has 0 saturated carbocycles. The zero-order chi connectivity index (χ0) is 23.0. The van der Waals surface area contributed by atoms with Crippen molar-refractivity contribution in [2.24, 2.45) is 0 Å². The van der Waals surface area contributed by atoms with Gasteiger partial charge in [0, 0.05) is 6.42 Å². The smallest absolute Gasteiger partial charge is 0.329 e. The predicted molar refractivity (Wildman–Crippen MR) is 120 cm³/mol. The number of aryl methyl sites for hydroxylation is 1. The molecule has 1 atom stereocenters. The Kier molecular flexibility index (Phi) is 7.62. The Bertz CT molecular complexity index is 1170. The average Bonchev–Trinajstić information content (AvgIpc) is 2.78. The van der Waals surface area contributed by atoms with Crippen LogP contribution in [0.4, 0.5) is 4.79 Å². The fourth-order valence-electron chi connectivity index (χ4n) is 3.10. The van der Waals surface area contributed by atoms with E-state index in [9.17, 15) is 18.0 Å². The molecule has 7 nitrogen and oxygen atoms in total. The third kappa shape index (κ3) is 6.42. The number of carbonyl (C=O) groups is 2. The van der Waals surface area contributed by atoms with Crippen molar-refractivity contribution in [2.45, 2.75) is 30.9 Å². The van der Waals surface area contributed by atoms with Crippen LogP contribution in [-0.4, -0.2) is 26.5 Å². The normalized spacial score (nSPS) is 11.9. The highest BCUT2D eigenvalue weighted by Gasteiger charge is 2.26. The van der Waals surface area contributed by atoms with Gasteiger partial charge >= 0.3 is 12.0 Å². The summed E-state index contributed by atoms with van der Waals surface area (Å²) in [5, 5.41) is 2.44. The highest BCUT2D eigenvalue weighted by atomic mass is 32.2. The standard InChI is InChI=1S/C24H24N2O5S/c1-18-10-8-9-15-22(18)32(29,30)26-24(28)25-21(16-19-11-4-2-5-12-19)23(27)31-17-20-13-6-3-7-14-20/h2-15,21H,16-17H2,1H3,(H2,25,26,28)/t21-/m0/s1. The second-order valence-corrected chi connectivity index (χ2v) is 8.83. The highest BCUT2D eigenvalue weighted by Crippen LogP contribution is 2.14. The van der Waals surface area contributed by atoms with E-state index in [0.717, 1.165) is 11.1 Å². The minimum Gasteiger partial charge on any atom is -0.459 e. The average molecular weight is 453 g/mol. The maximum Gasteiger partial charge on any atom is 0.329 e. The van der Waals surface area contributed by atoms with Crippen molar-refractivity contribution in [3.05, 3.63) is 102 Å². The minimum atomic E-state index is -4.10. The molecule has 0 radical (unpaired) electrons. The summed E-state index contributed by atoms with van der Waals surface area (Å²) in [5.74, 6) is -0.666. The molecule has 0 heterocycles. The zero-order valence-corrected chi connectivity index (χ0v) is 18.3. The van der Waals surface area contributed by atoms with E-state index in [2.05, 4.69) is 5.32 Å². The molecule has 3 aromatic rings. The van der Waals surface area contributed by atoms with Crippen molar-refractivity contribution in [3.63, 3.8) is 0 Å². The molecule has 0 aliphatic rings. The predicted octanol–water partition coefficient (Wildman–Crippen LogP) is 3.34. The molecule has 0 aromatic heterocycles. The van der Waals surface area contributed by atoms with Gasteiger partial charge in [-0.1, -0.05) is 78.9 Å². The fourth-order valence-corrected chi connectivity index (χ4v) is 4.26. The number of hydrogen-bond acceptors (Lipinski definition) is 5. The number of esters is 1. The lowest BCUT2D eigenvalue weighted by atomic mass is 10.1. The second-order valence-electron chi connectivity index (χ2n) is 7.18. The number of hydrogen-bond donors (Lipinski definition) is 2. The summed E-state index contributed by atoms with van der Waals surface area (Å²) in [6, 6.07) is 22.4. The van der Waals surface area contributed by atoms with Gasteiger partial charge in [0.25, 0.3) is 10.0 Å². The van der Waals surface area contributed by atoms with Gasteiger partial charge in [0.1, 0.15) is 12.6 Å². The van der Waals surface area contributed by atoms with Crippen LogP contribution in [0.5, 0.6) is 0 Å². The number of amides is 2. The van der Waals surface area contributed by atoms with Crippen molar-refractivity contribution in [2.75, 3.05) is 0 Å². The Morgan fingerprint density at radius 2 is 1.41 bits per heavy atom. The second kappa shape index (κ2) is 10.6. The summed E-state index contributed by atoms with van der Waals surface area (Å²) in [5.41, 5.74) is 2.08. The highest BCUT2D eigenvalue weighted by molar-refractivity contribution is 7.90. The summed E-state index contributed by atoms with van der Waals surface area (Å²) >= 11 is 0. The van der Waals surface area contributed by atoms with Crippen molar-refractivity contribution < 1.29 is 22.7 Å². The van der Waals surface area contributed by atoms with E-state index >= 15 is 0 Å². The first-order chi connectivity index (χ1) is 15.3. The molecule has 3 aromatic carbocycles. The zero-order valence-electron chi connectivity index (χ0n) is 17.5. The van der Waals surface area contributed by atoms with Gasteiger partial charge in [-0.05, 0) is 29.7 Å². The maximum atomic E-state index is 12.7. The molecule has 8 heteroatoms. The van der Waals surface area contributed by atoms with Gasteiger partial charge in [0.15, 0.2) is 0 Å². The molecule has 0 saturated heterocycles. The van der Waals surface area contributed by atoms with Crippen molar-refractivity contribution in [1.82, 2.24) is 10.0 Å². The van der Waals surface area contributed by atoms with Crippen molar-refractivity contribution in [1.29, 1.82) is 0 Å². The lowest BCUT2D eigenvalue weighted by Gasteiger charge is -2.18. The van der Waals surface area contributed by atoms with Crippen LogP contribution in [0.15, 0.2) is 89.8 Å². The molecule has 2 amide bonds. The SMILES string of the molecule is Cc1ccccc1S(=O)(=O)NC(=O)N[C@@H](Cc1ccccc1)C(=O)OCc1ccccc1. The van der Waals surface area contributed by atoms with Gasteiger partial charge < -0.3 is 10.1 Å². The quantitative estimate of drug-likeness (QED) is 0.511. The Morgan fingerprint density at radius 1 is 0.844 bits per heavy atom. The fraction of sp³-hybridized carbons (Fsp3) is 0.167. The van der Waals surface area contributed by atoms with Gasteiger partial charge in [-0.25, -0.2) is 22.7 Å². The van der Waals surface area contributed by atoms with Crippen LogP contribution in [0.3, 0.4) is 0 Å². The van der Waals surface area contributed by atoms with Crippen LogP contribution >= 0.6 is 0 Å². The van der Waals surface area contributed by atoms with Crippen LogP contribution in [0, 0.1) is 6.92 Å². The first-order valence-electron chi connectivity index (χ1n) is 9.98. The van der Waals surface area contributed by atoms with Gasteiger partial charge in [-0.15, -0.1) is 0 Å². The van der Waals surface area contributed by atoms with E-state index in [1.54, 1.807) is 37.3 Å². The van der Waals surface area contributed by atoms with Gasteiger partial charge in [-0.3, -0.25) is 0 Å². The number of benzene rings is 3. The first-order valence-corrected chi connectivity index (χ1v) is 11.5. The van der Waals surface area contributed by atoms with Gasteiger partial charge in [-0.2, -0.15) is 0 Å².